The van der Waals surface area contributed by atoms with Crippen LogP contribution in [0.2, 0.25) is 0 Å². The molecule has 0 saturated heterocycles. The molecule has 0 saturated carbocycles. The van der Waals surface area contributed by atoms with Crippen LogP contribution in [0.1, 0.15) is 123 Å². The number of unbranched alkanes of at least 4 members (excludes halogenated alkanes) is 12. The molecule has 0 aromatic carbocycles. The van der Waals surface area contributed by atoms with Gasteiger partial charge < -0.3 is 10.2 Å². The topological polar surface area (TPSA) is 91.7 Å². The minimum absolute atomic E-state index is 0.129. The van der Waals surface area contributed by atoms with E-state index in [1.165, 1.54) is 44.9 Å². The monoisotopic (exact) mass is 412 g/mol. The molecule has 2 N–H and O–H groups in total. The Morgan fingerprint density at radius 3 is 1.59 bits per heavy atom. The van der Waals surface area contributed by atoms with E-state index in [4.69, 9.17) is 0 Å². The van der Waals surface area contributed by atoms with Crippen LogP contribution in [-0.2, 0) is 14.4 Å². The number of hydrogen-bond acceptors (Lipinski definition) is 4. The maximum absolute atomic E-state index is 12.3. The third kappa shape index (κ3) is 15.3. The molecule has 0 fully saturated rings. The summed E-state index contributed by atoms with van der Waals surface area (Å²) in [7, 11) is 0. The SMILES string of the molecule is CCCCCCCCCC(=O)C(C(=O)O)C(=O)CC(O)CCCCCCCCC. The predicted octanol–water partition coefficient (Wildman–Crippen LogP) is 5.86. The number of hydrogen-bond donors (Lipinski definition) is 2. The first-order valence-corrected chi connectivity index (χ1v) is 11.9. The maximum atomic E-state index is 12.3. The highest BCUT2D eigenvalue weighted by atomic mass is 16.4. The molecule has 0 aromatic rings. The van der Waals surface area contributed by atoms with Gasteiger partial charge in [-0.25, -0.2) is 0 Å². The number of carbonyl (C=O) groups excluding carboxylic acids is 2. The molecule has 0 amide bonds. The molecule has 0 spiro atoms. The first-order chi connectivity index (χ1) is 13.9. The molecule has 0 aliphatic rings. The van der Waals surface area contributed by atoms with E-state index in [1.54, 1.807) is 0 Å². The van der Waals surface area contributed by atoms with Gasteiger partial charge in [0.25, 0.3) is 0 Å². The van der Waals surface area contributed by atoms with E-state index in [1.807, 2.05) is 0 Å². The second kappa shape index (κ2) is 18.8. The van der Waals surface area contributed by atoms with Crippen LogP contribution >= 0.6 is 0 Å². The van der Waals surface area contributed by atoms with Gasteiger partial charge in [0.05, 0.1) is 6.10 Å². The Bertz CT molecular complexity index is 447. The Labute approximate surface area is 177 Å². The Hall–Kier alpha value is -1.23. The number of carboxylic acids is 1. The normalized spacial score (nSPS) is 13.2. The highest BCUT2D eigenvalue weighted by Gasteiger charge is 2.33. The van der Waals surface area contributed by atoms with Crippen molar-refractivity contribution in [2.24, 2.45) is 5.92 Å². The molecular formula is C24H44O5. The van der Waals surface area contributed by atoms with E-state index in [9.17, 15) is 24.6 Å². The Balaban J connectivity index is 4.11. The molecule has 0 heterocycles. The van der Waals surface area contributed by atoms with Crippen molar-refractivity contribution in [2.75, 3.05) is 0 Å². The highest BCUT2D eigenvalue weighted by Crippen LogP contribution is 2.16. The van der Waals surface area contributed by atoms with Gasteiger partial charge in [-0.05, 0) is 12.8 Å². The Kier molecular flexibility index (Phi) is 18.0. The lowest BCUT2D eigenvalue weighted by Crippen LogP contribution is -2.33. The number of Topliss-reactive ketones (excluding diaryl/α,β-unsaturated/α-hetero) is 2. The third-order valence-corrected chi connectivity index (χ3v) is 5.50. The van der Waals surface area contributed by atoms with Crippen molar-refractivity contribution in [3.8, 4) is 0 Å². The number of aliphatic hydroxyl groups excluding tert-OH is 1. The Morgan fingerprint density at radius 2 is 1.10 bits per heavy atom. The van der Waals surface area contributed by atoms with Gasteiger partial charge in [-0.15, -0.1) is 0 Å². The minimum Gasteiger partial charge on any atom is -0.480 e. The maximum Gasteiger partial charge on any atom is 0.321 e. The molecule has 2 unspecified atom stereocenters. The van der Waals surface area contributed by atoms with Crippen LogP contribution in [0.4, 0.5) is 0 Å². The molecule has 0 bridgehead atoms. The summed E-state index contributed by atoms with van der Waals surface area (Å²) < 4.78 is 0. The average Bonchev–Trinajstić information content (AvgIpc) is 2.66. The summed E-state index contributed by atoms with van der Waals surface area (Å²) in [6.45, 7) is 4.34. The van der Waals surface area contributed by atoms with Gasteiger partial charge in [0.15, 0.2) is 17.5 Å². The lowest BCUT2D eigenvalue weighted by molar-refractivity contribution is -0.151. The van der Waals surface area contributed by atoms with E-state index in [-0.39, 0.29) is 12.8 Å². The molecule has 29 heavy (non-hydrogen) atoms. The highest BCUT2D eigenvalue weighted by molar-refractivity contribution is 6.16. The van der Waals surface area contributed by atoms with Crippen LogP contribution < -0.4 is 0 Å². The van der Waals surface area contributed by atoms with Crippen molar-refractivity contribution in [1.82, 2.24) is 0 Å². The summed E-state index contributed by atoms with van der Waals surface area (Å²) in [5, 5.41) is 19.4. The Morgan fingerprint density at radius 1 is 0.655 bits per heavy atom. The number of carbonyl (C=O) groups is 3. The third-order valence-electron chi connectivity index (χ3n) is 5.50. The standard InChI is InChI=1S/C24H44O5/c1-3-5-7-9-11-13-15-17-20(25)19-22(27)23(24(28)29)21(26)18-16-14-12-10-8-6-4-2/h20,23,25H,3-19H2,1-2H3,(H,28,29). The van der Waals surface area contributed by atoms with Gasteiger partial charge >= 0.3 is 5.97 Å². The smallest absolute Gasteiger partial charge is 0.321 e. The summed E-state index contributed by atoms with van der Waals surface area (Å²) in [6.07, 6.45) is 14.6. The molecule has 0 rings (SSSR count). The fourth-order valence-corrected chi connectivity index (χ4v) is 3.64. The zero-order valence-corrected chi connectivity index (χ0v) is 18.8. The van der Waals surface area contributed by atoms with Gasteiger partial charge in [-0.3, -0.25) is 14.4 Å². The van der Waals surface area contributed by atoms with Crippen LogP contribution in [0.5, 0.6) is 0 Å². The van der Waals surface area contributed by atoms with Crippen LogP contribution in [0, 0.1) is 5.92 Å². The molecule has 0 aliphatic carbocycles. The van der Waals surface area contributed by atoms with E-state index >= 15 is 0 Å². The summed E-state index contributed by atoms with van der Waals surface area (Å²) in [5.74, 6) is -4.16. The van der Waals surface area contributed by atoms with Crippen LogP contribution in [-0.4, -0.2) is 33.9 Å². The van der Waals surface area contributed by atoms with Crippen molar-refractivity contribution in [1.29, 1.82) is 0 Å². The second-order valence-electron chi connectivity index (χ2n) is 8.34. The number of aliphatic hydroxyl groups is 1. The van der Waals surface area contributed by atoms with Gasteiger partial charge in [0.2, 0.25) is 0 Å². The van der Waals surface area contributed by atoms with Crippen molar-refractivity contribution >= 4 is 17.5 Å². The summed E-state index contributed by atoms with van der Waals surface area (Å²) in [5.41, 5.74) is 0. The van der Waals surface area contributed by atoms with Crippen LogP contribution in [0.15, 0.2) is 0 Å². The van der Waals surface area contributed by atoms with E-state index in [2.05, 4.69) is 13.8 Å². The molecular weight excluding hydrogens is 368 g/mol. The first kappa shape index (κ1) is 27.8. The van der Waals surface area contributed by atoms with E-state index in [0.717, 1.165) is 38.5 Å². The molecule has 0 aliphatic heterocycles. The lowest BCUT2D eigenvalue weighted by Gasteiger charge is -2.14. The quantitative estimate of drug-likeness (QED) is 0.182. The first-order valence-electron chi connectivity index (χ1n) is 11.9. The van der Waals surface area contributed by atoms with Crippen molar-refractivity contribution in [3.63, 3.8) is 0 Å². The largest absolute Gasteiger partial charge is 0.480 e. The van der Waals surface area contributed by atoms with Crippen molar-refractivity contribution in [3.05, 3.63) is 0 Å². The summed E-state index contributed by atoms with van der Waals surface area (Å²) >= 11 is 0. The molecule has 5 heteroatoms. The zero-order valence-electron chi connectivity index (χ0n) is 18.8. The molecule has 5 nitrogen and oxygen atoms in total. The van der Waals surface area contributed by atoms with E-state index in [0.29, 0.717) is 12.8 Å². The summed E-state index contributed by atoms with van der Waals surface area (Å²) in [4.78, 5) is 36.0. The zero-order chi connectivity index (χ0) is 21.9. The van der Waals surface area contributed by atoms with Gasteiger partial charge in [0, 0.05) is 12.8 Å². The van der Waals surface area contributed by atoms with Crippen LogP contribution in [0.25, 0.3) is 0 Å². The van der Waals surface area contributed by atoms with Gasteiger partial charge in [0.1, 0.15) is 0 Å². The second-order valence-corrected chi connectivity index (χ2v) is 8.34. The van der Waals surface area contributed by atoms with Crippen molar-refractivity contribution < 1.29 is 24.6 Å². The molecule has 0 aromatic heterocycles. The average molecular weight is 413 g/mol. The number of rotatable bonds is 21. The van der Waals surface area contributed by atoms with E-state index < -0.39 is 29.6 Å². The molecule has 0 radical (unpaired) electrons. The number of ketones is 2. The molecule has 2 atom stereocenters. The van der Waals surface area contributed by atoms with Gasteiger partial charge in [-0.1, -0.05) is 97.3 Å². The van der Waals surface area contributed by atoms with Gasteiger partial charge in [-0.2, -0.15) is 0 Å². The summed E-state index contributed by atoms with van der Waals surface area (Å²) in [6, 6.07) is 0. The molecule has 170 valence electrons. The number of carboxylic acid groups (broad SMARTS) is 1. The van der Waals surface area contributed by atoms with Crippen molar-refractivity contribution in [2.45, 2.75) is 129 Å². The predicted molar refractivity (Wildman–Crippen MR) is 117 cm³/mol. The number of aliphatic carboxylic acids is 1. The fourth-order valence-electron chi connectivity index (χ4n) is 3.64. The minimum atomic E-state index is -1.61. The fraction of sp³-hybridized carbons (Fsp3) is 0.875. The lowest BCUT2D eigenvalue weighted by atomic mass is 9.91. The van der Waals surface area contributed by atoms with Crippen LogP contribution in [0.3, 0.4) is 0 Å².